The lowest BCUT2D eigenvalue weighted by Gasteiger charge is -2.34. The highest BCUT2D eigenvalue weighted by Crippen LogP contribution is 2.30. The second-order valence-electron chi connectivity index (χ2n) is 6.54. The van der Waals surface area contributed by atoms with Crippen molar-refractivity contribution in [3.63, 3.8) is 0 Å². The Balaban J connectivity index is 1.60. The zero-order chi connectivity index (χ0) is 14.0. The van der Waals surface area contributed by atoms with Crippen LogP contribution in [0.4, 0.5) is 0 Å². The number of nitrogens with one attached hydrogen (secondary N) is 2. The molecule has 1 fully saturated rings. The number of amides is 1. The minimum atomic E-state index is 0.121. The third-order valence-electron chi connectivity index (χ3n) is 4.58. The molecule has 0 radical (unpaired) electrons. The number of carbonyl (C=O) groups excluding carboxylic acids is 1. The molecule has 1 aromatic heterocycles. The Morgan fingerprint density at radius 2 is 2.25 bits per heavy atom. The second kappa shape index (κ2) is 5.86. The van der Waals surface area contributed by atoms with Crippen molar-refractivity contribution in [2.75, 3.05) is 19.6 Å². The smallest absolute Gasteiger partial charge is 0.261 e. The fourth-order valence-electron chi connectivity index (χ4n) is 3.25. The molecule has 1 saturated heterocycles. The molecular weight excluding hydrogens is 268 g/mol. The SMILES string of the molecule is CC1(CNC(=O)c2cc3c(s2)CCCC3)CCCNC1. The van der Waals surface area contributed by atoms with E-state index < -0.39 is 0 Å². The van der Waals surface area contributed by atoms with Gasteiger partial charge in [-0.25, -0.2) is 0 Å². The molecule has 4 heteroatoms. The van der Waals surface area contributed by atoms with E-state index in [1.807, 2.05) is 0 Å². The van der Waals surface area contributed by atoms with E-state index in [1.54, 1.807) is 11.3 Å². The van der Waals surface area contributed by atoms with Gasteiger partial charge < -0.3 is 10.6 Å². The number of fused-ring (bicyclic) bond motifs is 1. The lowest BCUT2D eigenvalue weighted by Crippen LogP contribution is -2.45. The van der Waals surface area contributed by atoms with E-state index in [2.05, 4.69) is 23.6 Å². The lowest BCUT2D eigenvalue weighted by molar-refractivity contribution is 0.0928. The zero-order valence-corrected chi connectivity index (χ0v) is 13.1. The molecule has 1 amide bonds. The Hall–Kier alpha value is -0.870. The van der Waals surface area contributed by atoms with Gasteiger partial charge in [-0.1, -0.05) is 6.92 Å². The van der Waals surface area contributed by atoms with E-state index in [0.29, 0.717) is 0 Å². The van der Waals surface area contributed by atoms with E-state index in [0.717, 1.165) is 37.4 Å². The summed E-state index contributed by atoms with van der Waals surface area (Å²) in [5, 5.41) is 6.58. The van der Waals surface area contributed by atoms with Crippen LogP contribution in [0.3, 0.4) is 0 Å². The minimum absolute atomic E-state index is 0.121. The number of hydrogen-bond acceptors (Lipinski definition) is 3. The van der Waals surface area contributed by atoms with Crippen molar-refractivity contribution < 1.29 is 4.79 Å². The molecule has 1 unspecified atom stereocenters. The molecule has 3 nitrogen and oxygen atoms in total. The molecule has 2 aliphatic rings. The zero-order valence-electron chi connectivity index (χ0n) is 12.3. The molecule has 110 valence electrons. The first-order valence-corrected chi connectivity index (χ1v) is 8.58. The van der Waals surface area contributed by atoms with Crippen LogP contribution in [0.25, 0.3) is 0 Å². The number of thiophene rings is 1. The number of hydrogen-bond donors (Lipinski definition) is 2. The van der Waals surface area contributed by atoms with Gasteiger partial charge in [-0.3, -0.25) is 4.79 Å². The van der Waals surface area contributed by atoms with Gasteiger partial charge in [0.05, 0.1) is 4.88 Å². The molecule has 0 saturated carbocycles. The third-order valence-corrected chi connectivity index (χ3v) is 5.82. The fourth-order valence-corrected chi connectivity index (χ4v) is 4.42. The van der Waals surface area contributed by atoms with Crippen LogP contribution in [0, 0.1) is 5.41 Å². The summed E-state index contributed by atoms with van der Waals surface area (Å²) in [4.78, 5) is 14.7. The summed E-state index contributed by atoms with van der Waals surface area (Å²) in [5.41, 5.74) is 1.63. The predicted molar refractivity (Wildman–Crippen MR) is 83.5 cm³/mol. The molecule has 1 atom stereocenters. The molecule has 2 heterocycles. The Morgan fingerprint density at radius 1 is 1.40 bits per heavy atom. The van der Waals surface area contributed by atoms with E-state index in [9.17, 15) is 4.79 Å². The summed E-state index contributed by atoms with van der Waals surface area (Å²) in [6, 6.07) is 2.12. The first kappa shape index (κ1) is 14.1. The normalized spacial score (nSPS) is 26.1. The Labute approximate surface area is 125 Å². The van der Waals surface area contributed by atoms with Crippen LogP contribution in [0.1, 0.15) is 52.7 Å². The number of carbonyl (C=O) groups is 1. The maximum atomic E-state index is 12.3. The van der Waals surface area contributed by atoms with Crippen molar-refractivity contribution in [3.05, 3.63) is 21.4 Å². The fraction of sp³-hybridized carbons (Fsp3) is 0.688. The quantitative estimate of drug-likeness (QED) is 0.899. The van der Waals surface area contributed by atoms with Gasteiger partial charge in [0.1, 0.15) is 0 Å². The molecule has 0 bridgehead atoms. The first-order valence-electron chi connectivity index (χ1n) is 7.77. The van der Waals surface area contributed by atoms with E-state index in [4.69, 9.17) is 0 Å². The molecular formula is C16H24N2OS. The topological polar surface area (TPSA) is 41.1 Å². The average Bonchev–Trinajstić information content (AvgIpc) is 2.89. The standard InChI is InChI=1S/C16H24N2OS/c1-16(7-4-8-17-10-16)11-18-15(19)14-9-12-5-2-3-6-13(12)20-14/h9,17H,2-8,10-11H2,1H3,(H,18,19). The van der Waals surface area contributed by atoms with E-state index in [1.165, 1.54) is 36.1 Å². The maximum absolute atomic E-state index is 12.3. The highest BCUT2D eigenvalue weighted by Gasteiger charge is 2.27. The van der Waals surface area contributed by atoms with Gasteiger partial charge in [0.2, 0.25) is 0 Å². The van der Waals surface area contributed by atoms with E-state index in [-0.39, 0.29) is 11.3 Å². The summed E-state index contributed by atoms with van der Waals surface area (Å²) in [6.07, 6.45) is 7.27. The van der Waals surface area contributed by atoms with Crippen LogP contribution in [-0.2, 0) is 12.8 Å². The van der Waals surface area contributed by atoms with E-state index >= 15 is 0 Å². The summed E-state index contributed by atoms with van der Waals surface area (Å²) in [5.74, 6) is 0.121. The molecule has 0 spiro atoms. The second-order valence-corrected chi connectivity index (χ2v) is 7.68. The number of rotatable bonds is 3. The van der Waals surface area contributed by atoms with Gasteiger partial charge in [-0.2, -0.15) is 0 Å². The monoisotopic (exact) mass is 292 g/mol. The largest absolute Gasteiger partial charge is 0.351 e. The maximum Gasteiger partial charge on any atom is 0.261 e. The van der Waals surface area contributed by atoms with Crippen molar-refractivity contribution in [2.45, 2.75) is 45.4 Å². The highest BCUT2D eigenvalue weighted by molar-refractivity contribution is 7.14. The highest BCUT2D eigenvalue weighted by atomic mass is 32.1. The third kappa shape index (κ3) is 3.07. The Kier molecular flexibility index (Phi) is 4.13. The van der Waals surface area contributed by atoms with Gasteiger partial charge in [0, 0.05) is 18.0 Å². The van der Waals surface area contributed by atoms with Gasteiger partial charge in [-0.05, 0) is 62.1 Å². The molecule has 1 aliphatic heterocycles. The van der Waals surface area contributed by atoms with Crippen LogP contribution in [0.5, 0.6) is 0 Å². The summed E-state index contributed by atoms with van der Waals surface area (Å²) in [6.45, 7) is 5.16. The first-order chi connectivity index (χ1) is 9.66. The summed E-state index contributed by atoms with van der Waals surface area (Å²) < 4.78 is 0. The molecule has 2 N–H and O–H groups in total. The van der Waals surface area contributed by atoms with Crippen molar-refractivity contribution >= 4 is 17.2 Å². The minimum Gasteiger partial charge on any atom is -0.351 e. The summed E-state index contributed by atoms with van der Waals surface area (Å²) >= 11 is 1.70. The van der Waals surface area contributed by atoms with Gasteiger partial charge in [0.25, 0.3) is 5.91 Å². The lowest BCUT2D eigenvalue weighted by atomic mass is 9.83. The van der Waals surface area contributed by atoms with Crippen LogP contribution < -0.4 is 10.6 Å². The molecule has 3 rings (SSSR count). The number of piperidine rings is 1. The van der Waals surface area contributed by atoms with Crippen molar-refractivity contribution in [1.29, 1.82) is 0 Å². The van der Waals surface area contributed by atoms with Gasteiger partial charge in [0.15, 0.2) is 0 Å². The van der Waals surface area contributed by atoms with Crippen molar-refractivity contribution in [1.82, 2.24) is 10.6 Å². The van der Waals surface area contributed by atoms with Crippen molar-refractivity contribution in [2.24, 2.45) is 5.41 Å². The average molecular weight is 292 g/mol. The predicted octanol–water partition coefficient (Wildman–Crippen LogP) is 2.75. The Bertz CT molecular complexity index is 465. The van der Waals surface area contributed by atoms with Crippen LogP contribution in [0.15, 0.2) is 6.07 Å². The molecule has 1 aromatic rings. The van der Waals surface area contributed by atoms with Crippen LogP contribution in [0.2, 0.25) is 0 Å². The molecule has 20 heavy (non-hydrogen) atoms. The number of aryl methyl sites for hydroxylation is 2. The Morgan fingerprint density at radius 3 is 3.00 bits per heavy atom. The van der Waals surface area contributed by atoms with Crippen LogP contribution in [-0.4, -0.2) is 25.5 Å². The van der Waals surface area contributed by atoms with Crippen molar-refractivity contribution in [3.8, 4) is 0 Å². The van der Waals surface area contributed by atoms with Gasteiger partial charge in [-0.15, -0.1) is 11.3 Å². The van der Waals surface area contributed by atoms with Crippen LogP contribution >= 0.6 is 11.3 Å². The van der Waals surface area contributed by atoms with Gasteiger partial charge >= 0.3 is 0 Å². The molecule has 1 aliphatic carbocycles. The summed E-state index contributed by atoms with van der Waals surface area (Å²) in [7, 11) is 0. The molecule has 0 aromatic carbocycles.